The summed E-state index contributed by atoms with van der Waals surface area (Å²) in [5.41, 5.74) is 0. The molecule has 16 heavy (non-hydrogen) atoms. The molecular formula is C14H10Na2. The number of hydrogen-bond donors (Lipinski definition) is 0. The molecule has 3 rings (SSSR count). The van der Waals surface area contributed by atoms with Crippen molar-refractivity contribution in [3.63, 3.8) is 0 Å². The summed E-state index contributed by atoms with van der Waals surface area (Å²) in [5, 5.41) is 5.30. The molecule has 3 aromatic rings. The smallest absolute Gasteiger partial charge is 0 e. The molecule has 0 saturated heterocycles. The third-order valence-corrected chi connectivity index (χ3v) is 2.65. The first kappa shape index (κ1) is 14.2. The van der Waals surface area contributed by atoms with Gasteiger partial charge in [0.15, 0.2) is 0 Å². The van der Waals surface area contributed by atoms with Crippen LogP contribution in [0.3, 0.4) is 0 Å². The summed E-state index contributed by atoms with van der Waals surface area (Å²) in [4.78, 5) is 0. The fourth-order valence-corrected chi connectivity index (χ4v) is 1.95. The molecule has 3 aromatic carbocycles. The van der Waals surface area contributed by atoms with Crippen LogP contribution in [0.15, 0.2) is 60.7 Å². The molecule has 0 bridgehead atoms. The van der Waals surface area contributed by atoms with Gasteiger partial charge in [-0.2, -0.15) is 0 Å². The summed E-state index contributed by atoms with van der Waals surface area (Å²) in [6.45, 7) is 0. The Bertz CT molecular complexity index is 548. The third kappa shape index (κ3) is 2.53. The molecule has 2 radical (unpaired) electrons. The van der Waals surface area contributed by atoms with E-state index < -0.39 is 0 Å². The standard InChI is InChI=1S/C14H10.2Na/c1-3-7-13-11(5-1)9-10-12-6-2-4-8-14(12)13;;/h1-10H;;. The van der Waals surface area contributed by atoms with Gasteiger partial charge in [-0.1, -0.05) is 60.7 Å². The van der Waals surface area contributed by atoms with Gasteiger partial charge in [0.2, 0.25) is 0 Å². The van der Waals surface area contributed by atoms with Crippen LogP contribution in [0.5, 0.6) is 0 Å². The fourth-order valence-electron chi connectivity index (χ4n) is 1.95. The Morgan fingerprint density at radius 1 is 0.438 bits per heavy atom. The van der Waals surface area contributed by atoms with Crippen LogP contribution in [-0.2, 0) is 0 Å². The average Bonchev–Trinajstić information content (AvgIpc) is 2.29. The summed E-state index contributed by atoms with van der Waals surface area (Å²) in [6.07, 6.45) is 0. The van der Waals surface area contributed by atoms with E-state index in [9.17, 15) is 0 Å². The summed E-state index contributed by atoms with van der Waals surface area (Å²) >= 11 is 0. The Hall–Kier alpha value is 0.180. The largest absolute Gasteiger partial charge is 0.0616 e. The molecule has 0 heterocycles. The van der Waals surface area contributed by atoms with E-state index in [0.717, 1.165) is 0 Å². The molecule has 68 valence electrons. The van der Waals surface area contributed by atoms with Gasteiger partial charge in [0.1, 0.15) is 0 Å². The summed E-state index contributed by atoms with van der Waals surface area (Å²) in [5.74, 6) is 0. The molecule has 0 nitrogen and oxygen atoms in total. The molecule has 0 saturated carbocycles. The van der Waals surface area contributed by atoms with Gasteiger partial charge < -0.3 is 0 Å². The monoisotopic (exact) mass is 224 g/mol. The van der Waals surface area contributed by atoms with E-state index in [1.54, 1.807) is 0 Å². The summed E-state index contributed by atoms with van der Waals surface area (Å²) in [6, 6.07) is 21.4. The molecule has 0 amide bonds. The maximum atomic E-state index is 2.18. The van der Waals surface area contributed by atoms with Gasteiger partial charge in [0, 0.05) is 59.1 Å². The maximum absolute atomic E-state index is 2.18. The minimum atomic E-state index is 0. The zero-order chi connectivity index (χ0) is 9.38. The van der Waals surface area contributed by atoms with Gasteiger partial charge in [-0.3, -0.25) is 0 Å². The Morgan fingerprint density at radius 3 is 1.25 bits per heavy atom. The van der Waals surface area contributed by atoms with E-state index in [1.165, 1.54) is 21.5 Å². The van der Waals surface area contributed by atoms with Crippen LogP contribution in [0.4, 0.5) is 0 Å². The topological polar surface area (TPSA) is 0 Å². The minimum absolute atomic E-state index is 0. The molecule has 0 fully saturated rings. The first-order valence-electron chi connectivity index (χ1n) is 4.82. The third-order valence-electron chi connectivity index (χ3n) is 2.65. The Balaban J connectivity index is 0.000000640. The van der Waals surface area contributed by atoms with E-state index in [2.05, 4.69) is 60.7 Å². The van der Waals surface area contributed by atoms with E-state index >= 15 is 0 Å². The normalized spacial score (nSPS) is 9.50. The summed E-state index contributed by atoms with van der Waals surface area (Å²) in [7, 11) is 0. The van der Waals surface area contributed by atoms with Gasteiger partial charge in [0.25, 0.3) is 0 Å². The average molecular weight is 224 g/mol. The Labute approximate surface area is 140 Å². The number of rotatable bonds is 0. The number of fused-ring (bicyclic) bond motifs is 3. The van der Waals surface area contributed by atoms with Crippen molar-refractivity contribution >= 4 is 80.7 Å². The first-order valence-corrected chi connectivity index (χ1v) is 4.82. The van der Waals surface area contributed by atoms with Crippen LogP contribution >= 0.6 is 0 Å². The van der Waals surface area contributed by atoms with Crippen LogP contribution in [0.2, 0.25) is 0 Å². The molecule has 2 heteroatoms. The predicted molar refractivity (Wildman–Crippen MR) is 73.0 cm³/mol. The van der Waals surface area contributed by atoms with E-state index in [4.69, 9.17) is 0 Å². The second-order valence-corrected chi connectivity index (χ2v) is 3.51. The molecule has 0 aliphatic carbocycles. The zero-order valence-corrected chi connectivity index (χ0v) is 13.8. The van der Waals surface area contributed by atoms with Crippen LogP contribution in [-0.4, -0.2) is 59.1 Å². The summed E-state index contributed by atoms with van der Waals surface area (Å²) < 4.78 is 0. The number of benzene rings is 3. The molecular weight excluding hydrogens is 214 g/mol. The van der Waals surface area contributed by atoms with Crippen molar-refractivity contribution < 1.29 is 0 Å². The molecule has 0 aromatic heterocycles. The minimum Gasteiger partial charge on any atom is -0.0616 e. The number of hydrogen-bond acceptors (Lipinski definition) is 0. The van der Waals surface area contributed by atoms with Gasteiger partial charge in [0.05, 0.1) is 0 Å². The van der Waals surface area contributed by atoms with Gasteiger partial charge in [-0.05, 0) is 21.5 Å². The molecule has 0 spiro atoms. The van der Waals surface area contributed by atoms with Crippen molar-refractivity contribution in [2.45, 2.75) is 0 Å². The molecule has 0 atom stereocenters. The van der Waals surface area contributed by atoms with Crippen molar-refractivity contribution in [3.05, 3.63) is 60.7 Å². The molecule has 0 aliphatic rings. The van der Waals surface area contributed by atoms with Gasteiger partial charge in [-0.15, -0.1) is 0 Å². The van der Waals surface area contributed by atoms with Crippen LogP contribution < -0.4 is 0 Å². The molecule has 0 N–H and O–H groups in total. The van der Waals surface area contributed by atoms with Crippen molar-refractivity contribution in [1.82, 2.24) is 0 Å². The van der Waals surface area contributed by atoms with Crippen molar-refractivity contribution in [3.8, 4) is 0 Å². The quantitative estimate of drug-likeness (QED) is 0.406. The Kier molecular flexibility index (Phi) is 5.52. The van der Waals surface area contributed by atoms with Crippen LogP contribution in [0, 0.1) is 0 Å². The zero-order valence-electron chi connectivity index (χ0n) is 9.77. The molecule has 0 unspecified atom stereocenters. The van der Waals surface area contributed by atoms with E-state index in [-0.39, 0.29) is 59.1 Å². The van der Waals surface area contributed by atoms with Crippen LogP contribution in [0.1, 0.15) is 0 Å². The second kappa shape index (κ2) is 6.20. The maximum Gasteiger partial charge on any atom is 0 e. The van der Waals surface area contributed by atoms with Crippen molar-refractivity contribution in [1.29, 1.82) is 0 Å². The second-order valence-electron chi connectivity index (χ2n) is 3.51. The van der Waals surface area contributed by atoms with Crippen molar-refractivity contribution in [2.24, 2.45) is 0 Å². The predicted octanol–water partition coefficient (Wildman–Crippen LogP) is 3.23. The van der Waals surface area contributed by atoms with Crippen LogP contribution in [0.25, 0.3) is 21.5 Å². The SMILES string of the molecule is [Na].[Na].c1ccc2c(c1)ccc1ccccc12. The fraction of sp³-hybridized carbons (Fsp3) is 0. The van der Waals surface area contributed by atoms with E-state index in [0.29, 0.717) is 0 Å². The van der Waals surface area contributed by atoms with Gasteiger partial charge in [-0.25, -0.2) is 0 Å². The van der Waals surface area contributed by atoms with Gasteiger partial charge >= 0.3 is 0 Å². The first-order chi connectivity index (χ1) is 6.95. The van der Waals surface area contributed by atoms with Crippen molar-refractivity contribution in [2.75, 3.05) is 0 Å². The van der Waals surface area contributed by atoms with E-state index in [1.807, 2.05) is 0 Å². The Morgan fingerprint density at radius 2 is 0.812 bits per heavy atom. The molecule has 0 aliphatic heterocycles.